The standard InChI is InChI=1S/C14H17F3N6/c1-8-9-5-3-4-6-18-11-10(14(15,16)17)7-19-13(20-11)21-12(9)23(2)22-8/h7H,3-6H2,1-2H3,(H2,18,19,20,21). The molecular formula is C14H17F3N6. The second-order valence-corrected chi connectivity index (χ2v) is 5.50. The molecule has 2 aromatic heterocycles. The summed E-state index contributed by atoms with van der Waals surface area (Å²) in [6.07, 6.45) is -1.30. The van der Waals surface area contributed by atoms with E-state index in [1.807, 2.05) is 6.92 Å². The van der Waals surface area contributed by atoms with E-state index in [9.17, 15) is 13.2 Å². The minimum Gasteiger partial charge on any atom is -0.369 e. The molecule has 2 aromatic rings. The van der Waals surface area contributed by atoms with Gasteiger partial charge in [0.2, 0.25) is 5.95 Å². The Kier molecular flexibility index (Phi) is 3.87. The topological polar surface area (TPSA) is 67.7 Å². The second kappa shape index (κ2) is 5.71. The molecule has 9 heteroatoms. The highest BCUT2D eigenvalue weighted by Crippen LogP contribution is 2.34. The van der Waals surface area contributed by atoms with Gasteiger partial charge in [-0.2, -0.15) is 23.3 Å². The largest absolute Gasteiger partial charge is 0.421 e. The van der Waals surface area contributed by atoms with E-state index in [0.29, 0.717) is 6.54 Å². The molecule has 0 radical (unpaired) electrons. The third-order valence-corrected chi connectivity index (χ3v) is 3.82. The molecule has 0 fully saturated rings. The number of hydrogen-bond acceptors (Lipinski definition) is 5. The summed E-state index contributed by atoms with van der Waals surface area (Å²) >= 11 is 0. The fourth-order valence-corrected chi connectivity index (χ4v) is 2.68. The Balaban J connectivity index is 2.05. The van der Waals surface area contributed by atoms with Gasteiger partial charge in [-0.15, -0.1) is 0 Å². The normalized spacial score (nSPS) is 15.2. The molecule has 0 atom stereocenters. The molecule has 6 nitrogen and oxygen atoms in total. The Labute approximate surface area is 131 Å². The minimum absolute atomic E-state index is 0.117. The number of nitrogens with one attached hydrogen (secondary N) is 2. The van der Waals surface area contributed by atoms with Crippen LogP contribution < -0.4 is 10.6 Å². The molecule has 0 amide bonds. The van der Waals surface area contributed by atoms with E-state index >= 15 is 0 Å². The number of aromatic nitrogens is 4. The number of nitrogens with zero attached hydrogens (tertiary/aromatic N) is 4. The van der Waals surface area contributed by atoms with Crippen molar-refractivity contribution in [2.45, 2.75) is 32.4 Å². The summed E-state index contributed by atoms with van der Waals surface area (Å²) in [5.74, 6) is 0.638. The van der Waals surface area contributed by atoms with Crippen LogP contribution in [-0.2, 0) is 19.6 Å². The van der Waals surface area contributed by atoms with Gasteiger partial charge in [0.05, 0.1) is 5.69 Å². The average Bonchev–Trinajstić information content (AvgIpc) is 2.71. The van der Waals surface area contributed by atoms with Crippen molar-refractivity contribution >= 4 is 17.6 Å². The lowest BCUT2D eigenvalue weighted by molar-refractivity contribution is -0.137. The molecule has 0 spiro atoms. The Bertz CT molecular complexity index is 722. The van der Waals surface area contributed by atoms with E-state index in [-0.39, 0.29) is 11.8 Å². The zero-order chi connectivity index (χ0) is 16.6. The van der Waals surface area contributed by atoms with E-state index < -0.39 is 11.7 Å². The van der Waals surface area contributed by atoms with Crippen LogP contribution in [0.5, 0.6) is 0 Å². The summed E-state index contributed by atoms with van der Waals surface area (Å²) in [6, 6.07) is 0. The first kappa shape index (κ1) is 15.6. The van der Waals surface area contributed by atoms with Crippen LogP contribution in [-0.4, -0.2) is 26.3 Å². The molecule has 23 heavy (non-hydrogen) atoms. The van der Waals surface area contributed by atoms with Gasteiger partial charge in [-0.3, -0.25) is 4.68 Å². The number of alkyl halides is 3. The fourth-order valence-electron chi connectivity index (χ4n) is 2.68. The summed E-state index contributed by atoms with van der Waals surface area (Å²) in [7, 11) is 1.78. The van der Waals surface area contributed by atoms with Gasteiger partial charge < -0.3 is 10.6 Å². The number of aryl methyl sites for hydroxylation is 2. The van der Waals surface area contributed by atoms with Crippen molar-refractivity contribution in [3.05, 3.63) is 23.0 Å². The van der Waals surface area contributed by atoms with Gasteiger partial charge in [-0.05, 0) is 26.2 Å². The molecule has 1 aliphatic rings. The van der Waals surface area contributed by atoms with E-state index in [1.54, 1.807) is 11.7 Å². The maximum Gasteiger partial charge on any atom is 0.421 e. The Morgan fingerprint density at radius 3 is 2.78 bits per heavy atom. The average molecular weight is 326 g/mol. The fraction of sp³-hybridized carbons (Fsp3) is 0.500. The monoisotopic (exact) mass is 326 g/mol. The maximum absolute atomic E-state index is 13.0. The number of fused-ring (bicyclic) bond motifs is 3. The molecule has 0 saturated heterocycles. The third-order valence-electron chi connectivity index (χ3n) is 3.82. The smallest absolute Gasteiger partial charge is 0.369 e. The first-order valence-electron chi connectivity index (χ1n) is 7.34. The molecule has 2 N–H and O–H groups in total. The molecule has 124 valence electrons. The quantitative estimate of drug-likeness (QED) is 0.779. The molecular weight excluding hydrogens is 309 g/mol. The lowest BCUT2D eigenvalue weighted by Crippen LogP contribution is -2.15. The number of hydrogen-bond donors (Lipinski definition) is 2. The van der Waals surface area contributed by atoms with Gasteiger partial charge >= 0.3 is 6.18 Å². The molecule has 0 aromatic carbocycles. The Hall–Kier alpha value is -2.32. The minimum atomic E-state index is -4.49. The SMILES string of the molecule is Cc1nn(C)c2c1CCCCNc1nc(ncc1C(F)(F)F)N2. The predicted octanol–water partition coefficient (Wildman–Crippen LogP) is 3.03. The maximum atomic E-state index is 13.0. The van der Waals surface area contributed by atoms with Crippen LogP contribution in [0.1, 0.15) is 29.7 Å². The lowest BCUT2D eigenvalue weighted by atomic mass is 10.1. The van der Waals surface area contributed by atoms with Crippen molar-refractivity contribution in [2.75, 3.05) is 17.2 Å². The first-order chi connectivity index (χ1) is 10.9. The van der Waals surface area contributed by atoms with Crippen molar-refractivity contribution in [3.63, 3.8) is 0 Å². The molecule has 0 aliphatic carbocycles. The molecule has 1 aliphatic heterocycles. The zero-order valence-electron chi connectivity index (χ0n) is 12.8. The molecule has 0 unspecified atom stereocenters. The van der Waals surface area contributed by atoms with Crippen molar-refractivity contribution in [2.24, 2.45) is 7.05 Å². The van der Waals surface area contributed by atoms with Crippen LogP contribution in [0.3, 0.4) is 0 Å². The number of rotatable bonds is 0. The summed E-state index contributed by atoms with van der Waals surface area (Å²) in [4.78, 5) is 7.80. The predicted molar refractivity (Wildman–Crippen MR) is 79.7 cm³/mol. The Morgan fingerprint density at radius 1 is 1.26 bits per heavy atom. The molecule has 2 bridgehead atoms. The number of halogens is 3. The summed E-state index contributed by atoms with van der Waals surface area (Å²) in [5, 5.41) is 10.1. The van der Waals surface area contributed by atoms with Crippen LogP contribution in [0.2, 0.25) is 0 Å². The first-order valence-corrected chi connectivity index (χ1v) is 7.34. The van der Waals surface area contributed by atoms with Crippen molar-refractivity contribution in [1.29, 1.82) is 0 Å². The third kappa shape index (κ3) is 3.08. The summed E-state index contributed by atoms with van der Waals surface area (Å²) in [6.45, 7) is 2.34. The molecule has 0 saturated carbocycles. The van der Waals surface area contributed by atoms with Crippen LogP contribution >= 0.6 is 0 Å². The Morgan fingerprint density at radius 2 is 2.04 bits per heavy atom. The van der Waals surface area contributed by atoms with Gasteiger partial charge in [0, 0.05) is 25.4 Å². The summed E-state index contributed by atoms with van der Waals surface area (Å²) in [5.41, 5.74) is 1.08. The van der Waals surface area contributed by atoms with Gasteiger partial charge in [0.25, 0.3) is 0 Å². The highest BCUT2D eigenvalue weighted by atomic mass is 19.4. The van der Waals surface area contributed by atoms with Crippen LogP contribution in [0.4, 0.5) is 30.8 Å². The van der Waals surface area contributed by atoms with Crippen molar-refractivity contribution in [1.82, 2.24) is 19.7 Å². The van der Waals surface area contributed by atoms with Crippen molar-refractivity contribution < 1.29 is 13.2 Å². The van der Waals surface area contributed by atoms with Crippen LogP contribution in [0.15, 0.2) is 6.20 Å². The van der Waals surface area contributed by atoms with E-state index in [1.165, 1.54) is 0 Å². The highest BCUT2D eigenvalue weighted by Gasteiger charge is 2.35. The van der Waals surface area contributed by atoms with Gasteiger partial charge in [0.1, 0.15) is 17.2 Å². The lowest BCUT2D eigenvalue weighted by Gasteiger charge is -2.14. The second-order valence-electron chi connectivity index (χ2n) is 5.50. The highest BCUT2D eigenvalue weighted by molar-refractivity contribution is 5.58. The van der Waals surface area contributed by atoms with Crippen LogP contribution in [0, 0.1) is 6.92 Å². The van der Waals surface area contributed by atoms with Crippen molar-refractivity contribution in [3.8, 4) is 0 Å². The van der Waals surface area contributed by atoms with E-state index in [0.717, 1.165) is 42.5 Å². The van der Waals surface area contributed by atoms with Gasteiger partial charge in [-0.1, -0.05) is 0 Å². The van der Waals surface area contributed by atoms with E-state index in [4.69, 9.17) is 0 Å². The van der Waals surface area contributed by atoms with Crippen LogP contribution in [0.25, 0.3) is 0 Å². The molecule has 3 heterocycles. The molecule has 3 rings (SSSR count). The summed E-state index contributed by atoms with van der Waals surface area (Å²) < 4.78 is 40.8. The van der Waals surface area contributed by atoms with Gasteiger partial charge in [0.15, 0.2) is 0 Å². The van der Waals surface area contributed by atoms with Gasteiger partial charge in [-0.25, -0.2) is 4.98 Å². The van der Waals surface area contributed by atoms with E-state index in [2.05, 4.69) is 25.7 Å². The number of anilines is 3. The zero-order valence-corrected chi connectivity index (χ0v) is 12.8.